The lowest BCUT2D eigenvalue weighted by atomic mass is 9.99. The van der Waals surface area contributed by atoms with Crippen LogP contribution in [-0.2, 0) is 0 Å². The molecule has 0 amide bonds. The van der Waals surface area contributed by atoms with Crippen LogP contribution in [0.1, 0.15) is 5.56 Å². The molecule has 0 unspecified atom stereocenters. The first-order chi connectivity index (χ1) is 28.2. The van der Waals surface area contributed by atoms with E-state index in [-0.39, 0.29) is 0 Å². The molecule has 0 aliphatic heterocycles. The molecule has 0 saturated heterocycles. The second kappa shape index (κ2) is 13.3. The van der Waals surface area contributed by atoms with Gasteiger partial charge in [-0.2, -0.15) is 0 Å². The van der Waals surface area contributed by atoms with Crippen molar-refractivity contribution < 1.29 is 0 Å². The molecule has 0 radical (unpaired) electrons. The topological polar surface area (TPSA) is 48.5 Å². The van der Waals surface area contributed by atoms with E-state index in [2.05, 4.69) is 150 Å². The third kappa shape index (κ3) is 5.43. The van der Waals surface area contributed by atoms with Crippen molar-refractivity contribution in [1.82, 2.24) is 24.1 Å². The van der Waals surface area contributed by atoms with Gasteiger partial charge in [0.2, 0.25) is 0 Å². The SMILES string of the molecule is Cc1ccc(-c2cc(-c3nc(-c4ccccc4)nc(-c4ccccc4)n3)ccc2-n2c3ccccc3c3ccc4c(c5ccccc5n4-c4ccccc4)c32)cc1. The second-order valence-electron chi connectivity index (χ2n) is 14.5. The van der Waals surface area contributed by atoms with Gasteiger partial charge in [0.1, 0.15) is 0 Å². The quantitative estimate of drug-likeness (QED) is 0.171. The van der Waals surface area contributed by atoms with Crippen LogP contribution in [0.25, 0.3) is 100 Å². The normalized spacial score (nSPS) is 11.6. The Labute approximate surface area is 329 Å². The zero-order valence-corrected chi connectivity index (χ0v) is 31.2. The van der Waals surface area contributed by atoms with Crippen LogP contribution < -0.4 is 0 Å². The first kappa shape index (κ1) is 32.8. The van der Waals surface area contributed by atoms with E-state index >= 15 is 0 Å². The molecule has 11 rings (SSSR count). The molecule has 5 heteroatoms. The Bertz CT molecular complexity index is 3210. The van der Waals surface area contributed by atoms with Crippen LogP contribution in [0.2, 0.25) is 0 Å². The van der Waals surface area contributed by atoms with Crippen molar-refractivity contribution in [1.29, 1.82) is 0 Å². The van der Waals surface area contributed by atoms with Gasteiger partial charge in [0, 0.05) is 49.5 Å². The van der Waals surface area contributed by atoms with Gasteiger partial charge < -0.3 is 9.13 Å². The maximum Gasteiger partial charge on any atom is 0.164 e. The summed E-state index contributed by atoms with van der Waals surface area (Å²) in [5.41, 5.74) is 13.1. The highest BCUT2D eigenvalue weighted by molar-refractivity contribution is 6.26. The summed E-state index contributed by atoms with van der Waals surface area (Å²) >= 11 is 0. The summed E-state index contributed by atoms with van der Waals surface area (Å²) in [6.07, 6.45) is 0. The van der Waals surface area contributed by atoms with Gasteiger partial charge in [-0.15, -0.1) is 0 Å². The maximum absolute atomic E-state index is 5.12. The fourth-order valence-corrected chi connectivity index (χ4v) is 8.39. The molecule has 0 spiro atoms. The molecular formula is C52H35N5. The van der Waals surface area contributed by atoms with Crippen LogP contribution in [0.5, 0.6) is 0 Å². The van der Waals surface area contributed by atoms with E-state index in [0.29, 0.717) is 17.5 Å². The number of rotatable bonds is 6. The predicted octanol–water partition coefficient (Wildman–Crippen LogP) is 13.0. The van der Waals surface area contributed by atoms with Crippen LogP contribution in [0.4, 0.5) is 0 Å². The average Bonchev–Trinajstić information content (AvgIpc) is 3.80. The van der Waals surface area contributed by atoms with Gasteiger partial charge in [-0.25, -0.2) is 15.0 Å². The number of hydrogen-bond acceptors (Lipinski definition) is 3. The fourth-order valence-electron chi connectivity index (χ4n) is 8.39. The maximum atomic E-state index is 5.12. The number of hydrogen-bond donors (Lipinski definition) is 0. The summed E-state index contributed by atoms with van der Waals surface area (Å²) in [7, 11) is 0. The Hall–Kier alpha value is -7.63. The first-order valence-corrected chi connectivity index (χ1v) is 19.3. The largest absolute Gasteiger partial charge is 0.309 e. The Kier molecular flexibility index (Phi) is 7.64. The number of aryl methyl sites for hydroxylation is 1. The van der Waals surface area contributed by atoms with E-state index in [1.54, 1.807) is 0 Å². The van der Waals surface area contributed by atoms with Crippen LogP contribution >= 0.6 is 0 Å². The lowest BCUT2D eigenvalue weighted by Gasteiger charge is -2.17. The summed E-state index contributed by atoms with van der Waals surface area (Å²) in [5.74, 6) is 1.90. The lowest BCUT2D eigenvalue weighted by Crippen LogP contribution is -2.02. The molecule has 0 saturated carbocycles. The zero-order chi connectivity index (χ0) is 37.9. The lowest BCUT2D eigenvalue weighted by molar-refractivity contribution is 1.07. The summed E-state index contributed by atoms with van der Waals surface area (Å²) < 4.78 is 4.87. The molecule has 57 heavy (non-hydrogen) atoms. The molecule has 8 aromatic carbocycles. The monoisotopic (exact) mass is 729 g/mol. The second-order valence-corrected chi connectivity index (χ2v) is 14.5. The van der Waals surface area contributed by atoms with Gasteiger partial charge in [0.25, 0.3) is 0 Å². The highest BCUT2D eigenvalue weighted by Crippen LogP contribution is 2.44. The minimum absolute atomic E-state index is 0.623. The highest BCUT2D eigenvalue weighted by atomic mass is 15.0. The van der Waals surface area contributed by atoms with E-state index < -0.39 is 0 Å². The van der Waals surface area contributed by atoms with Crippen molar-refractivity contribution in [3.63, 3.8) is 0 Å². The van der Waals surface area contributed by atoms with Crippen LogP contribution in [-0.4, -0.2) is 24.1 Å². The third-order valence-electron chi connectivity index (χ3n) is 11.0. The molecule has 268 valence electrons. The van der Waals surface area contributed by atoms with Crippen LogP contribution in [0.15, 0.2) is 194 Å². The summed E-state index contributed by atoms with van der Waals surface area (Å²) in [5, 5.41) is 4.86. The summed E-state index contributed by atoms with van der Waals surface area (Å²) in [6, 6.07) is 68.6. The third-order valence-corrected chi connectivity index (χ3v) is 11.0. The van der Waals surface area contributed by atoms with E-state index in [0.717, 1.165) is 44.7 Å². The van der Waals surface area contributed by atoms with Crippen molar-refractivity contribution >= 4 is 43.6 Å². The van der Waals surface area contributed by atoms with Gasteiger partial charge in [0.15, 0.2) is 17.5 Å². The summed E-state index contributed by atoms with van der Waals surface area (Å²) in [4.78, 5) is 15.2. The number of fused-ring (bicyclic) bond motifs is 7. The molecular weight excluding hydrogens is 695 g/mol. The first-order valence-electron chi connectivity index (χ1n) is 19.3. The van der Waals surface area contributed by atoms with Gasteiger partial charge >= 0.3 is 0 Å². The minimum atomic E-state index is 0.623. The molecule has 0 N–H and O–H groups in total. The van der Waals surface area contributed by atoms with E-state index in [4.69, 9.17) is 15.0 Å². The van der Waals surface area contributed by atoms with Crippen molar-refractivity contribution in [2.24, 2.45) is 0 Å². The molecule has 0 aliphatic carbocycles. The molecule has 0 fully saturated rings. The van der Waals surface area contributed by atoms with Gasteiger partial charge in [-0.1, -0.05) is 151 Å². The molecule has 3 heterocycles. The van der Waals surface area contributed by atoms with Gasteiger partial charge in [0.05, 0.1) is 27.8 Å². The minimum Gasteiger partial charge on any atom is -0.309 e. The molecule has 3 aromatic heterocycles. The number of para-hydroxylation sites is 3. The Morgan fingerprint density at radius 1 is 0.368 bits per heavy atom. The Balaban J connectivity index is 1.22. The molecule has 11 aromatic rings. The number of benzene rings is 8. The number of aromatic nitrogens is 5. The summed E-state index contributed by atoms with van der Waals surface area (Å²) in [6.45, 7) is 2.13. The zero-order valence-electron chi connectivity index (χ0n) is 31.2. The van der Waals surface area contributed by atoms with E-state index in [9.17, 15) is 0 Å². The van der Waals surface area contributed by atoms with Gasteiger partial charge in [-0.05, 0) is 61.0 Å². The van der Waals surface area contributed by atoms with E-state index in [1.165, 1.54) is 43.7 Å². The Morgan fingerprint density at radius 3 is 1.54 bits per heavy atom. The molecule has 0 atom stereocenters. The number of nitrogens with zero attached hydrogens (tertiary/aromatic N) is 5. The van der Waals surface area contributed by atoms with Crippen LogP contribution in [0.3, 0.4) is 0 Å². The molecule has 0 bridgehead atoms. The highest BCUT2D eigenvalue weighted by Gasteiger charge is 2.23. The van der Waals surface area contributed by atoms with Crippen molar-refractivity contribution in [3.8, 4) is 56.7 Å². The predicted molar refractivity (Wildman–Crippen MR) is 235 cm³/mol. The van der Waals surface area contributed by atoms with Crippen molar-refractivity contribution in [3.05, 3.63) is 200 Å². The van der Waals surface area contributed by atoms with E-state index in [1.807, 2.05) is 60.7 Å². The van der Waals surface area contributed by atoms with Crippen molar-refractivity contribution in [2.75, 3.05) is 0 Å². The fraction of sp³-hybridized carbons (Fsp3) is 0.0192. The standard InChI is InChI=1S/C52H35N5/c1-34-25-27-35(28-26-34)43-33-38(52-54-50(36-15-5-2-6-16-36)53-51(55-52)37-17-7-3-8-18-37)29-31-46(43)57-44-23-13-11-21-40(44)41-30-32-47-48(49(41)57)42-22-12-14-24-45(42)56(47)39-19-9-4-10-20-39/h2-33H,1H3. The Morgan fingerprint density at radius 2 is 0.895 bits per heavy atom. The molecule has 0 aliphatic rings. The van der Waals surface area contributed by atoms with Crippen molar-refractivity contribution in [2.45, 2.75) is 6.92 Å². The smallest absolute Gasteiger partial charge is 0.164 e. The van der Waals surface area contributed by atoms with Gasteiger partial charge in [-0.3, -0.25) is 0 Å². The molecule has 5 nitrogen and oxygen atoms in total. The van der Waals surface area contributed by atoms with Crippen LogP contribution in [0, 0.1) is 6.92 Å². The average molecular weight is 730 g/mol.